The van der Waals surface area contributed by atoms with Crippen molar-refractivity contribution in [2.24, 2.45) is 5.41 Å². The maximum absolute atomic E-state index is 14.6. The van der Waals surface area contributed by atoms with Crippen LogP contribution in [0.15, 0.2) is 84.4 Å². The first-order valence-electron chi connectivity index (χ1n) is 21.8. The van der Waals surface area contributed by atoms with Crippen molar-refractivity contribution in [1.82, 2.24) is 35.2 Å². The molecule has 14 heteroatoms. The van der Waals surface area contributed by atoms with E-state index in [9.17, 15) is 19.8 Å². The highest BCUT2D eigenvalue weighted by Crippen LogP contribution is 2.35. The van der Waals surface area contributed by atoms with Crippen molar-refractivity contribution in [2.45, 2.75) is 84.2 Å². The van der Waals surface area contributed by atoms with E-state index in [-0.39, 0.29) is 42.0 Å². The first kappa shape index (κ1) is 43.2. The summed E-state index contributed by atoms with van der Waals surface area (Å²) >= 11 is 1.61. The topological polar surface area (TPSA) is 164 Å². The Morgan fingerprint density at radius 1 is 0.887 bits per heavy atom. The number of carbonyl (C=O) groups is 2. The number of β-amino-alcohol motifs (C(OH)–C–C–N with tert-alkyl or cyclic N) is 1. The number of para-hydroxylation sites is 1. The van der Waals surface area contributed by atoms with Crippen LogP contribution in [0.25, 0.3) is 32.8 Å². The maximum Gasteiger partial charge on any atom is 0.243 e. The maximum atomic E-state index is 14.6. The number of anilines is 2. The fraction of sp³-hybridized carbons (Fsp3) is 0.438. The number of piperazine rings is 1. The van der Waals surface area contributed by atoms with E-state index in [1.165, 1.54) is 0 Å². The van der Waals surface area contributed by atoms with Crippen molar-refractivity contribution in [3.63, 3.8) is 0 Å². The predicted molar refractivity (Wildman–Crippen MR) is 246 cm³/mol. The highest BCUT2D eigenvalue weighted by atomic mass is 32.1. The number of aromatic nitrogens is 3. The zero-order valence-electron chi connectivity index (χ0n) is 36.4. The van der Waals surface area contributed by atoms with Gasteiger partial charge in [0.05, 0.1) is 40.0 Å². The monoisotopic (exact) mass is 857 g/mol. The molecule has 4 atom stereocenters. The Bertz CT molecular complexity index is 2350. The second-order valence-corrected chi connectivity index (χ2v) is 19.0. The van der Waals surface area contributed by atoms with E-state index >= 15 is 0 Å². The summed E-state index contributed by atoms with van der Waals surface area (Å²) in [4.78, 5) is 42.9. The number of hydrogen-bond acceptors (Lipinski definition) is 12. The summed E-state index contributed by atoms with van der Waals surface area (Å²) in [6, 6.07) is 24.5. The van der Waals surface area contributed by atoms with Crippen LogP contribution < -0.4 is 16.0 Å². The zero-order chi connectivity index (χ0) is 43.7. The number of aliphatic hydroxyl groups excluding tert-OH is 1. The van der Waals surface area contributed by atoms with Gasteiger partial charge in [-0.05, 0) is 79.1 Å². The summed E-state index contributed by atoms with van der Waals surface area (Å²) in [6.45, 7) is 15.7. The lowest BCUT2D eigenvalue weighted by Crippen LogP contribution is -2.60. The van der Waals surface area contributed by atoms with Crippen LogP contribution in [0.1, 0.15) is 64.3 Å². The Balaban J connectivity index is 0.852. The minimum Gasteiger partial charge on any atom is -0.507 e. The van der Waals surface area contributed by atoms with Crippen LogP contribution in [-0.2, 0) is 9.59 Å². The summed E-state index contributed by atoms with van der Waals surface area (Å²) < 4.78 is 0. The van der Waals surface area contributed by atoms with Gasteiger partial charge in [-0.2, -0.15) is 0 Å². The molecule has 326 valence electrons. The number of aromatic hydroxyl groups is 1. The second kappa shape index (κ2) is 18.1. The molecule has 0 saturated carbocycles. The van der Waals surface area contributed by atoms with Crippen molar-refractivity contribution in [1.29, 1.82) is 0 Å². The fourth-order valence-electron chi connectivity index (χ4n) is 9.59. The standard InChI is InChI=1S/C48H59N9O4S/c1-30(32-10-12-34(13-11-32)43-31(2)50-29-62-43)51-46(60)41-26-37(58)28-57(41)47(61)44(48(3,4)5)56-20-18-36(19-21-56)55-24-22-54(23-25-55)35-16-14-33(15-17-35)39-27-40(52-53-45(39)49)38-8-6-7-9-42(38)59/h6-17,27,29-30,36-37,41,44,58-59H,18-26,28H2,1-5H3,(H2,49,53)(H,51,60)/t30-,37+,41-,44?/m0/s1. The summed E-state index contributed by atoms with van der Waals surface area (Å²) in [5.41, 5.74) is 14.8. The molecule has 3 fully saturated rings. The summed E-state index contributed by atoms with van der Waals surface area (Å²) in [6.07, 6.45) is 1.40. The number of carbonyl (C=O) groups excluding carboxylic acids is 2. The van der Waals surface area contributed by atoms with Gasteiger partial charge >= 0.3 is 0 Å². The molecule has 3 aromatic carbocycles. The number of piperidine rings is 1. The summed E-state index contributed by atoms with van der Waals surface area (Å²) in [5.74, 6) is 0.163. The normalized spacial score (nSPS) is 20.3. The molecule has 0 radical (unpaired) electrons. The van der Waals surface area contributed by atoms with Crippen molar-refractivity contribution in [3.8, 4) is 38.6 Å². The molecule has 62 heavy (non-hydrogen) atoms. The van der Waals surface area contributed by atoms with Gasteiger partial charge in [0.1, 0.15) is 11.8 Å². The molecule has 0 aliphatic carbocycles. The molecule has 1 unspecified atom stereocenters. The van der Waals surface area contributed by atoms with Gasteiger partial charge in [-0.25, -0.2) is 4.98 Å². The minimum atomic E-state index is -0.753. The van der Waals surface area contributed by atoms with Crippen molar-refractivity contribution < 1.29 is 19.8 Å². The molecular weight excluding hydrogens is 799 g/mol. The molecule has 5 aromatic rings. The molecule has 5 N–H and O–H groups in total. The van der Waals surface area contributed by atoms with E-state index in [2.05, 4.69) is 92.4 Å². The van der Waals surface area contributed by atoms with Crippen LogP contribution >= 0.6 is 11.3 Å². The van der Waals surface area contributed by atoms with Crippen LogP contribution in [0.3, 0.4) is 0 Å². The Morgan fingerprint density at radius 2 is 1.56 bits per heavy atom. The lowest BCUT2D eigenvalue weighted by atomic mass is 9.83. The van der Waals surface area contributed by atoms with Gasteiger partial charge < -0.3 is 31.1 Å². The number of benzene rings is 3. The molecule has 5 heterocycles. The van der Waals surface area contributed by atoms with E-state index in [0.29, 0.717) is 23.1 Å². The van der Waals surface area contributed by atoms with Gasteiger partial charge in [0.25, 0.3) is 0 Å². The number of rotatable bonds is 10. The lowest BCUT2D eigenvalue weighted by molar-refractivity contribution is -0.147. The van der Waals surface area contributed by atoms with Crippen LogP contribution in [0, 0.1) is 12.3 Å². The Hall–Kier alpha value is -5.41. The molecule has 8 rings (SSSR count). The first-order chi connectivity index (χ1) is 29.7. The first-order valence-corrected chi connectivity index (χ1v) is 22.7. The largest absolute Gasteiger partial charge is 0.507 e. The SMILES string of the molecule is Cc1ncsc1-c1ccc([C@H](C)NC(=O)[C@@H]2C[C@@H](O)CN2C(=O)C(N2CCC(N3CCN(c4ccc(-c5cc(-c6ccccc6O)nnc5N)cc4)CC3)CC2)C(C)(C)C)cc1. The third-order valence-electron chi connectivity index (χ3n) is 12.9. The van der Waals surface area contributed by atoms with Gasteiger partial charge in [-0.15, -0.1) is 21.5 Å². The second-order valence-electron chi connectivity index (χ2n) is 18.2. The van der Waals surface area contributed by atoms with Gasteiger partial charge in [0, 0.05) is 75.1 Å². The Labute approximate surface area is 368 Å². The third kappa shape index (κ3) is 9.19. The fourth-order valence-corrected chi connectivity index (χ4v) is 10.4. The highest BCUT2D eigenvalue weighted by molar-refractivity contribution is 7.13. The van der Waals surface area contributed by atoms with E-state index in [4.69, 9.17) is 5.73 Å². The summed E-state index contributed by atoms with van der Waals surface area (Å²) in [7, 11) is 0. The number of phenols is 1. The van der Waals surface area contributed by atoms with Crippen LogP contribution in [0.4, 0.5) is 11.5 Å². The number of aliphatic hydroxyl groups is 1. The molecular formula is C48H59N9O4S. The molecule has 3 aliphatic heterocycles. The van der Waals surface area contributed by atoms with Crippen LogP contribution in [0.2, 0.25) is 0 Å². The van der Waals surface area contributed by atoms with Crippen LogP contribution in [-0.4, -0.2) is 122 Å². The average molecular weight is 858 g/mol. The number of hydrogen-bond donors (Lipinski definition) is 4. The number of nitrogens with one attached hydrogen (secondary N) is 1. The van der Waals surface area contributed by atoms with Gasteiger partial charge in [-0.3, -0.25) is 19.4 Å². The van der Waals surface area contributed by atoms with Crippen molar-refractivity contribution in [3.05, 3.63) is 95.6 Å². The Morgan fingerprint density at radius 3 is 2.21 bits per heavy atom. The number of thiazole rings is 1. The summed E-state index contributed by atoms with van der Waals surface area (Å²) in [5, 5.41) is 32.7. The highest BCUT2D eigenvalue weighted by Gasteiger charge is 2.47. The van der Waals surface area contributed by atoms with Crippen molar-refractivity contribution in [2.75, 3.05) is 56.4 Å². The number of amides is 2. The molecule has 3 saturated heterocycles. The van der Waals surface area contributed by atoms with E-state index in [1.807, 2.05) is 49.7 Å². The van der Waals surface area contributed by atoms with E-state index < -0.39 is 18.2 Å². The third-order valence-corrected chi connectivity index (χ3v) is 13.9. The van der Waals surface area contributed by atoms with Crippen LogP contribution in [0.5, 0.6) is 5.75 Å². The number of aryl methyl sites for hydroxylation is 1. The number of phenolic OH excluding ortho intramolecular Hbond substituents is 1. The molecule has 13 nitrogen and oxygen atoms in total. The molecule has 0 spiro atoms. The number of nitrogen functional groups attached to an aromatic ring is 1. The number of nitrogens with two attached hydrogens (primary N) is 1. The zero-order valence-corrected chi connectivity index (χ0v) is 37.2. The average Bonchev–Trinajstić information content (AvgIpc) is 3.89. The number of nitrogens with zero attached hydrogens (tertiary/aromatic N) is 7. The van der Waals surface area contributed by atoms with E-state index in [0.717, 1.165) is 90.6 Å². The van der Waals surface area contributed by atoms with Crippen molar-refractivity contribution >= 4 is 34.7 Å². The molecule has 2 aromatic heterocycles. The molecule has 3 aliphatic rings. The molecule has 2 amide bonds. The van der Waals surface area contributed by atoms with Gasteiger partial charge in [0.15, 0.2) is 5.82 Å². The number of likely N-dealkylation sites (tertiary alicyclic amines) is 2. The quantitative estimate of drug-likeness (QED) is 0.123. The minimum absolute atomic E-state index is 0.0805. The molecule has 0 bridgehead atoms. The van der Waals surface area contributed by atoms with Gasteiger partial charge in [-0.1, -0.05) is 69.3 Å². The van der Waals surface area contributed by atoms with E-state index in [1.54, 1.807) is 28.4 Å². The smallest absolute Gasteiger partial charge is 0.243 e. The lowest BCUT2D eigenvalue weighted by Gasteiger charge is -2.47. The Kier molecular flexibility index (Phi) is 12.6. The van der Waals surface area contributed by atoms with Gasteiger partial charge in [0.2, 0.25) is 11.8 Å². The predicted octanol–water partition coefficient (Wildman–Crippen LogP) is 6.37.